The molecule has 1 aliphatic heterocycles. The molecule has 0 bridgehead atoms. The highest BCUT2D eigenvalue weighted by atomic mass is 79.9. The third-order valence-electron chi connectivity index (χ3n) is 5.31. The molecule has 0 radical (unpaired) electrons. The minimum absolute atomic E-state index is 0.0929. The fourth-order valence-electron chi connectivity index (χ4n) is 3.75. The molecule has 154 valence electrons. The van der Waals surface area contributed by atoms with Crippen LogP contribution in [-0.4, -0.2) is 34.2 Å². The molecule has 2 N–H and O–H groups in total. The third kappa shape index (κ3) is 4.09. The number of alkyl halides is 3. The zero-order valence-electron chi connectivity index (χ0n) is 15.2. The van der Waals surface area contributed by atoms with E-state index >= 15 is 0 Å². The lowest BCUT2D eigenvalue weighted by Gasteiger charge is -2.38. The second-order valence-corrected chi connectivity index (χ2v) is 7.96. The normalized spacial score (nSPS) is 16.9. The van der Waals surface area contributed by atoms with E-state index in [1.807, 2.05) is 0 Å². The number of halogens is 5. The van der Waals surface area contributed by atoms with E-state index in [1.54, 1.807) is 12.1 Å². The standard InChI is InChI=1S/C19H18BrF4N5/c20-15-10-17-27-14(19(22,23)24)9-16(29(17)28-15)26-11-18(5-7-25-8-6-18)12-1-3-13(21)4-2-12/h1-4,9-10,25-26H,5-8,11H2. The molecule has 4 rings (SSSR count). The Kier molecular flexibility index (Phi) is 5.24. The lowest BCUT2D eigenvalue weighted by Crippen LogP contribution is -2.44. The van der Waals surface area contributed by atoms with E-state index in [0.29, 0.717) is 11.1 Å². The van der Waals surface area contributed by atoms with Crippen LogP contribution in [0, 0.1) is 5.82 Å². The van der Waals surface area contributed by atoms with Gasteiger partial charge in [0.2, 0.25) is 0 Å². The van der Waals surface area contributed by atoms with E-state index in [2.05, 4.69) is 36.6 Å². The topological polar surface area (TPSA) is 54.2 Å². The van der Waals surface area contributed by atoms with Crippen molar-refractivity contribution in [2.45, 2.75) is 24.4 Å². The molecule has 0 saturated carbocycles. The van der Waals surface area contributed by atoms with Crippen molar-refractivity contribution in [3.8, 4) is 0 Å². The smallest absolute Gasteiger partial charge is 0.369 e. The van der Waals surface area contributed by atoms with Gasteiger partial charge in [0.05, 0.1) is 0 Å². The first-order valence-corrected chi connectivity index (χ1v) is 9.90. The van der Waals surface area contributed by atoms with Crippen LogP contribution in [0.3, 0.4) is 0 Å². The van der Waals surface area contributed by atoms with E-state index in [9.17, 15) is 17.6 Å². The quantitative estimate of drug-likeness (QED) is 0.554. The number of aromatic nitrogens is 3. The van der Waals surface area contributed by atoms with Crippen LogP contribution in [-0.2, 0) is 11.6 Å². The zero-order chi connectivity index (χ0) is 20.6. The van der Waals surface area contributed by atoms with Crippen LogP contribution in [0.25, 0.3) is 5.65 Å². The number of nitrogens with zero attached hydrogens (tertiary/aromatic N) is 3. The molecule has 2 aromatic heterocycles. The molecule has 3 heterocycles. The van der Waals surface area contributed by atoms with Gasteiger partial charge in [-0.1, -0.05) is 12.1 Å². The van der Waals surface area contributed by atoms with Crippen molar-refractivity contribution in [1.82, 2.24) is 19.9 Å². The maximum atomic E-state index is 13.4. The highest BCUT2D eigenvalue weighted by molar-refractivity contribution is 9.10. The Bertz CT molecular complexity index is 1010. The van der Waals surface area contributed by atoms with Crippen molar-refractivity contribution in [2.24, 2.45) is 0 Å². The first-order valence-electron chi connectivity index (χ1n) is 9.11. The molecule has 29 heavy (non-hydrogen) atoms. The van der Waals surface area contributed by atoms with Crippen molar-refractivity contribution in [1.29, 1.82) is 0 Å². The van der Waals surface area contributed by atoms with Gasteiger partial charge in [0.1, 0.15) is 16.2 Å². The number of nitrogens with one attached hydrogen (secondary N) is 2. The summed E-state index contributed by atoms with van der Waals surface area (Å²) in [5.74, 6) is -0.120. The number of hydrogen-bond donors (Lipinski definition) is 2. The van der Waals surface area contributed by atoms with Crippen molar-refractivity contribution in [3.05, 3.63) is 58.1 Å². The largest absolute Gasteiger partial charge is 0.433 e. The Morgan fingerprint density at radius 1 is 1.14 bits per heavy atom. The Morgan fingerprint density at radius 3 is 2.48 bits per heavy atom. The van der Waals surface area contributed by atoms with Gasteiger partial charge in [-0.15, -0.1) is 0 Å². The Balaban J connectivity index is 1.70. The van der Waals surface area contributed by atoms with E-state index in [4.69, 9.17) is 0 Å². The summed E-state index contributed by atoms with van der Waals surface area (Å²) in [5.41, 5.74) is -0.274. The van der Waals surface area contributed by atoms with Crippen molar-refractivity contribution in [3.63, 3.8) is 0 Å². The molecular formula is C19H18BrF4N5. The fraction of sp³-hybridized carbons (Fsp3) is 0.368. The maximum absolute atomic E-state index is 13.4. The lowest BCUT2D eigenvalue weighted by molar-refractivity contribution is -0.141. The average molecular weight is 472 g/mol. The van der Waals surface area contributed by atoms with Gasteiger partial charge >= 0.3 is 6.18 Å². The summed E-state index contributed by atoms with van der Waals surface area (Å²) >= 11 is 3.19. The van der Waals surface area contributed by atoms with Gasteiger partial charge < -0.3 is 10.6 Å². The first kappa shape index (κ1) is 20.1. The van der Waals surface area contributed by atoms with Gasteiger partial charge in [0.25, 0.3) is 0 Å². The molecule has 3 aromatic rings. The summed E-state index contributed by atoms with van der Waals surface area (Å²) in [5, 5.41) is 10.6. The third-order valence-corrected chi connectivity index (χ3v) is 5.70. The summed E-state index contributed by atoms with van der Waals surface area (Å²) in [7, 11) is 0. The molecule has 1 saturated heterocycles. The molecule has 1 fully saturated rings. The van der Waals surface area contributed by atoms with Crippen LogP contribution in [0.1, 0.15) is 24.1 Å². The molecule has 0 amide bonds. The molecule has 0 aliphatic carbocycles. The summed E-state index contributed by atoms with van der Waals surface area (Å²) in [6, 6.07) is 8.71. The monoisotopic (exact) mass is 471 g/mol. The van der Waals surface area contributed by atoms with Gasteiger partial charge in [0, 0.05) is 24.1 Å². The predicted molar refractivity (Wildman–Crippen MR) is 104 cm³/mol. The number of hydrogen-bond acceptors (Lipinski definition) is 4. The molecular weight excluding hydrogens is 454 g/mol. The second kappa shape index (κ2) is 7.56. The van der Waals surface area contributed by atoms with Crippen LogP contribution in [0.4, 0.5) is 23.4 Å². The number of piperidine rings is 1. The molecule has 1 aromatic carbocycles. The van der Waals surface area contributed by atoms with Gasteiger partial charge in [-0.25, -0.2) is 9.37 Å². The number of rotatable bonds is 4. The zero-order valence-corrected chi connectivity index (χ0v) is 16.8. The van der Waals surface area contributed by atoms with Crippen LogP contribution in [0.2, 0.25) is 0 Å². The number of anilines is 1. The molecule has 0 unspecified atom stereocenters. The van der Waals surface area contributed by atoms with Gasteiger partial charge in [0.15, 0.2) is 11.3 Å². The van der Waals surface area contributed by atoms with Crippen molar-refractivity contribution >= 4 is 27.4 Å². The van der Waals surface area contributed by atoms with Crippen LogP contribution in [0.15, 0.2) is 41.0 Å². The van der Waals surface area contributed by atoms with Crippen LogP contribution in [0.5, 0.6) is 0 Å². The highest BCUT2D eigenvalue weighted by Crippen LogP contribution is 2.35. The Hall–Kier alpha value is -2.20. The average Bonchev–Trinajstić information content (AvgIpc) is 3.07. The lowest BCUT2D eigenvalue weighted by atomic mass is 9.73. The maximum Gasteiger partial charge on any atom is 0.433 e. The summed E-state index contributed by atoms with van der Waals surface area (Å²) in [6.07, 6.45) is -3.03. The van der Waals surface area contributed by atoms with Gasteiger partial charge in [-0.2, -0.15) is 22.8 Å². The van der Waals surface area contributed by atoms with Crippen molar-refractivity contribution < 1.29 is 17.6 Å². The summed E-state index contributed by atoms with van der Waals surface area (Å²) < 4.78 is 55.0. The van der Waals surface area contributed by atoms with Crippen LogP contribution < -0.4 is 10.6 Å². The van der Waals surface area contributed by atoms with E-state index in [-0.39, 0.29) is 22.7 Å². The minimum Gasteiger partial charge on any atom is -0.369 e. The fourth-order valence-corrected chi connectivity index (χ4v) is 4.12. The van der Waals surface area contributed by atoms with E-state index < -0.39 is 11.9 Å². The predicted octanol–water partition coefficient (Wildman–Crippen LogP) is 4.38. The Labute approximate surface area is 172 Å². The van der Waals surface area contributed by atoms with Crippen molar-refractivity contribution in [2.75, 3.05) is 25.0 Å². The second-order valence-electron chi connectivity index (χ2n) is 7.15. The minimum atomic E-state index is -4.57. The molecule has 1 aliphatic rings. The summed E-state index contributed by atoms with van der Waals surface area (Å²) in [6.45, 7) is 1.92. The molecule has 0 atom stereocenters. The Morgan fingerprint density at radius 2 is 1.83 bits per heavy atom. The van der Waals surface area contributed by atoms with Crippen LogP contribution >= 0.6 is 15.9 Å². The van der Waals surface area contributed by atoms with Gasteiger partial charge in [-0.05, 0) is 59.6 Å². The molecule has 10 heteroatoms. The summed E-state index contributed by atoms with van der Waals surface area (Å²) in [4.78, 5) is 3.66. The number of benzene rings is 1. The highest BCUT2D eigenvalue weighted by Gasteiger charge is 2.36. The van der Waals surface area contributed by atoms with Gasteiger partial charge in [-0.3, -0.25) is 0 Å². The van der Waals surface area contributed by atoms with E-state index in [1.165, 1.54) is 22.7 Å². The SMILES string of the molecule is Fc1ccc(C2(CNc3cc(C(F)(F)F)nc4cc(Br)nn34)CCNCC2)cc1. The number of fused-ring (bicyclic) bond motifs is 1. The first-order chi connectivity index (χ1) is 13.8. The molecule has 0 spiro atoms. The molecule has 5 nitrogen and oxygen atoms in total. The van der Waals surface area contributed by atoms with E-state index in [0.717, 1.165) is 37.6 Å².